The molecule has 0 heterocycles. The van der Waals surface area contributed by atoms with Crippen LogP contribution in [0.5, 0.6) is 0 Å². The highest BCUT2D eigenvalue weighted by atomic mass is 35.5. The Morgan fingerprint density at radius 1 is 1.17 bits per heavy atom. The Hall–Kier alpha value is -2.19. The minimum atomic E-state index is -3.81. The zero-order valence-corrected chi connectivity index (χ0v) is 14.0. The molecule has 0 aliphatic carbocycles. The van der Waals surface area contributed by atoms with Crippen molar-refractivity contribution in [2.45, 2.75) is 0 Å². The van der Waals surface area contributed by atoms with E-state index in [4.69, 9.17) is 11.6 Å². The molecule has 0 aliphatic rings. The number of hydrogen-bond donors (Lipinski definition) is 1. The van der Waals surface area contributed by atoms with Crippen LogP contribution in [0, 0.1) is 11.6 Å². The zero-order chi connectivity index (χ0) is 17.9. The van der Waals surface area contributed by atoms with Gasteiger partial charge < -0.3 is 5.32 Å². The molecule has 0 saturated carbocycles. The van der Waals surface area contributed by atoms with Gasteiger partial charge in [-0.1, -0.05) is 11.6 Å². The number of hydrogen-bond acceptors (Lipinski definition) is 3. The molecular formula is C15H13ClF2N2O3S. The first-order chi connectivity index (χ1) is 11.2. The van der Waals surface area contributed by atoms with Crippen molar-refractivity contribution >= 4 is 38.9 Å². The largest absolute Gasteiger partial charge is 0.325 e. The van der Waals surface area contributed by atoms with Crippen LogP contribution in [0.15, 0.2) is 42.5 Å². The second-order valence-corrected chi connectivity index (χ2v) is 7.24. The summed E-state index contributed by atoms with van der Waals surface area (Å²) in [5.74, 6) is -1.82. The van der Waals surface area contributed by atoms with Crippen LogP contribution in [0.3, 0.4) is 0 Å². The van der Waals surface area contributed by atoms with E-state index in [-0.39, 0.29) is 10.7 Å². The van der Waals surface area contributed by atoms with E-state index in [1.54, 1.807) is 0 Å². The van der Waals surface area contributed by atoms with Gasteiger partial charge in [-0.15, -0.1) is 0 Å². The molecule has 0 saturated heterocycles. The lowest BCUT2D eigenvalue weighted by atomic mass is 10.3. The second-order valence-electron chi connectivity index (χ2n) is 4.92. The number of halogens is 3. The fourth-order valence-electron chi connectivity index (χ4n) is 1.90. The SMILES string of the molecule is CS(=O)(=O)N(CC(=O)Nc1ccc(F)cc1)c1ccc(F)c(Cl)c1. The van der Waals surface area contributed by atoms with Crippen molar-refractivity contribution in [3.05, 3.63) is 59.1 Å². The first-order valence-electron chi connectivity index (χ1n) is 6.65. The standard InChI is InChI=1S/C15H13ClF2N2O3S/c1-24(22,23)20(12-6-7-14(18)13(16)8-12)9-15(21)19-11-4-2-10(17)3-5-11/h2-8H,9H2,1H3,(H,19,21). The van der Waals surface area contributed by atoms with Crippen molar-refractivity contribution in [1.29, 1.82) is 0 Å². The smallest absolute Gasteiger partial charge is 0.245 e. The zero-order valence-electron chi connectivity index (χ0n) is 12.5. The highest BCUT2D eigenvalue weighted by Crippen LogP contribution is 2.24. The van der Waals surface area contributed by atoms with Crippen LogP contribution >= 0.6 is 11.6 Å². The molecule has 5 nitrogen and oxygen atoms in total. The molecule has 2 aromatic carbocycles. The summed E-state index contributed by atoms with van der Waals surface area (Å²) < 4.78 is 50.7. The van der Waals surface area contributed by atoms with E-state index in [2.05, 4.69) is 5.32 Å². The maximum absolute atomic E-state index is 13.2. The van der Waals surface area contributed by atoms with Crippen LogP contribution < -0.4 is 9.62 Å². The lowest BCUT2D eigenvalue weighted by Gasteiger charge is -2.22. The summed E-state index contributed by atoms with van der Waals surface area (Å²) in [7, 11) is -3.81. The summed E-state index contributed by atoms with van der Waals surface area (Å²) in [4.78, 5) is 12.1. The van der Waals surface area contributed by atoms with Crippen LogP contribution in [-0.2, 0) is 14.8 Å². The molecule has 0 radical (unpaired) electrons. The third-order valence-corrected chi connectivity index (χ3v) is 4.44. The van der Waals surface area contributed by atoms with E-state index in [0.717, 1.165) is 34.8 Å². The molecule has 1 N–H and O–H groups in total. The average molecular weight is 375 g/mol. The van der Waals surface area contributed by atoms with Crippen molar-refractivity contribution in [1.82, 2.24) is 0 Å². The van der Waals surface area contributed by atoms with Crippen LogP contribution in [0.25, 0.3) is 0 Å². The summed E-state index contributed by atoms with van der Waals surface area (Å²) in [6, 6.07) is 8.32. The van der Waals surface area contributed by atoms with Gasteiger partial charge in [-0.05, 0) is 42.5 Å². The summed E-state index contributed by atoms with van der Waals surface area (Å²) in [6.07, 6.45) is 0.912. The van der Waals surface area contributed by atoms with Crippen molar-refractivity contribution in [2.24, 2.45) is 0 Å². The van der Waals surface area contributed by atoms with E-state index in [0.29, 0.717) is 5.69 Å². The third-order valence-electron chi connectivity index (χ3n) is 3.01. The molecule has 0 spiro atoms. The first kappa shape index (κ1) is 18.2. The number of amides is 1. The topological polar surface area (TPSA) is 66.5 Å². The lowest BCUT2D eigenvalue weighted by Crippen LogP contribution is -2.37. The van der Waals surface area contributed by atoms with Gasteiger partial charge >= 0.3 is 0 Å². The number of rotatable bonds is 5. The van der Waals surface area contributed by atoms with Crippen molar-refractivity contribution in [3.8, 4) is 0 Å². The van der Waals surface area contributed by atoms with Gasteiger partial charge in [0.05, 0.1) is 17.0 Å². The quantitative estimate of drug-likeness (QED) is 0.874. The number of carbonyl (C=O) groups excluding carboxylic acids is 1. The fraction of sp³-hybridized carbons (Fsp3) is 0.133. The molecule has 128 valence electrons. The van der Waals surface area contributed by atoms with Gasteiger partial charge in [0.25, 0.3) is 0 Å². The number of nitrogens with one attached hydrogen (secondary N) is 1. The third kappa shape index (κ3) is 4.65. The highest BCUT2D eigenvalue weighted by Gasteiger charge is 2.21. The minimum absolute atomic E-state index is 0.0538. The maximum atomic E-state index is 13.2. The van der Waals surface area contributed by atoms with Gasteiger partial charge in [-0.3, -0.25) is 9.10 Å². The van der Waals surface area contributed by atoms with Crippen molar-refractivity contribution < 1.29 is 22.0 Å². The Kier molecular flexibility index (Phi) is 5.40. The molecule has 9 heteroatoms. The molecule has 2 rings (SSSR count). The molecule has 0 fully saturated rings. The number of nitrogens with zero attached hydrogens (tertiary/aromatic N) is 1. The summed E-state index contributed by atoms with van der Waals surface area (Å²) in [5, 5.41) is 2.18. The summed E-state index contributed by atoms with van der Waals surface area (Å²) >= 11 is 5.66. The predicted molar refractivity (Wildman–Crippen MR) is 88.6 cm³/mol. The van der Waals surface area contributed by atoms with Gasteiger partial charge in [0.1, 0.15) is 18.2 Å². The number of sulfonamides is 1. The van der Waals surface area contributed by atoms with E-state index in [1.165, 1.54) is 18.2 Å². The van der Waals surface area contributed by atoms with Crippen LogP contribution in [0.2, 0.25) is 5.02 Å². The van der Waals surface area contributed by atoms with Gasteiger partial charge in [0.2, 0.25) is 15.9 Å². The summed E-state index contributed by atoms with van der Waals surface area (Å²) in [5.41, 5.74) is 0.366. The number of carbonyl (C=O) groups is 1. The Labute approximate surface area is 142 Å². The van der Waals surface area contributed by atoms with E-state index in [1.807, 2.05) is 0 Å². The highest BCUT2D eigenvalue weighted by molar-refractivity contribution is 7.92. The number of anilines is 2. The molecule has 0 aromatic heterocycles. The van der Waals surface area contributed by atoms with Crippen LogP contribution in [0.1, 0.15) is 0 Å². The Morgan fingerprint density at radius 3 is 2.33 bits per heavy atom. The molecule has 0 atom stereocenters. The maximum Gasteiger partial charge on any atom is 0.245 e. The molecule has 0 aliphatic heterocycles. The molecule has 0 unspecified atom stereocenters. The minimum Gasteiger partial charge on any atom is -0.325 e. The fourth-order valence-corrected chi connectivity index (χ4v) is 2.93. The van der Waals surface area contributed by atoms with Crippen LogP contribution in [-0.4, -0.2) is 27.1 Å². The molecule has 1 amide bonds. The predicted octanol–water partition coefficient (Wildman–Crippen LogP) is 3.02. The molecule has 0 bridgehead atoms. The Bertz CT molecular complexity index is 858. The summed E-state index contributed by atoms with van der Waals surface area (Å²) in [6.45, 7) is -0.543. The van der Waals surface area contributed by atoms with Crippen molar-refractivity contribution in [3.63, 3.8) is 0 Å². The first-order valence-corrected chi connectivity index (χ1v) is 8.87. The van der Waals surface area contributed by atoms with Crippen molar-refractivity contribution in [2.75, 3.05) is 22.4 Å². The molecule has 2 aromatic rings. The van der Waals surface area contributed by atoms with E-state index in [9.17, 15) is 22.0 Å². The lowest BCUT2D eigenvalue weighted by molar-refractivity contribution is -0.114. The Balaban J connectivity index is 2.21. The van der Waals surface area contributed by atoms with Gasteiger partial charge in [-0.2, -0.15) is 0 Å². The number of benzene rings is 2. The van der Waals surface area contributed by atoms with E-state index < -0.39 is 34.1 Å². The average Bonchev–Trinajstić information content (AvgIpc) is 2.49. The van der Waals surface area contributed by atoms with Crippen LogP contribution in [0.4, 0.5) is 20.2 Å². The second kappa shape index (κ2) is 7.14. The van der Waals surface area contributed by atoms with E-state index >= 15 is 0 Å². The normalized spacial score (nSPS) is 11.2. The van der Waals surface area contributed by atoms with Gasteiger partial charge in [0.15, 0.2) is 0 Å². The van der Waals surface area contributed by atoms with Gasteiger partial charge in [-0.25, -0.2) is 17.2 Å². The Morgan fingerprint density at radius 2 is 1.79 bits per heavy atom. The monoisotopic (exact) mass is 374 g/mol. The van der Waals surface area contributed by atoms with Gasteiger partial charge in [0, 0.05) is 5.69 Å². The molecule has 24 heavy (non-hydrogen) atoms. The molecular weight excluding hydrogens is 362 g/mol.